The molecule has 12 nitrogen and oxygen atoms in total. The molecule has 0 unspecified atom stereocenters. The number of aromatic nitrogens is 4. The van der Waals surface area contributed by atoms with Crippen LogP contribution in [0, 0.1) is 11.6 Å². The second-order valence-electron chi connectivity index (χ2n) is 9.36. The van der Waals surface area contributed by atoms with Crippen LogP contribution in [0.5, 0.6) is 5.75 Å². The lowest BCUT2D eigenvalue weighted by Crippen LogP contribution is -2.48. The molecule has 2 aliphatic rings. The highest BCUT2D eigenvalue weighted by atomic mass is 19.1. The number of carbonyl (C=O) groups excluding carboxylic acids is 1. The topological polar surface area (TPSA) is 139 Å². The number of nitrogen functional groups attached to an aromatic ring is 1. The standard InChI is InChI=1S/C25H27F2N9O3/c26-15-12-16(27)21(39-20-3-4-29-23(20)37)14-18(15)35-9-7-34(8-10-35)6-5-30-25-31-22-13-17(19-2-1-11-38-19)33-36(22)24(28)32-25/h1-2,11-14,20H,3-10H2,(H,29,37)(H3,28,30,31,32)/t20-/m1/s1. The molecule has 6 rings (SSSR count). The third-order valence-electron chi connectivity index (χ3n) is 6.81. The number of amides is 1. The number of anilines is 3. The van der Waals surface area contributed by atoms with Crippen LogP contribution < -0.4 is 26.0 Å². The number of hydrogen-bond donors (Lipinski definition) is 3. The Kier molecular flexibility index (Phi) is 6.60. The van der Waals surface area contributed by atoms with Gasteiger partial charge in [-0.05, 0) is 12.1 Å². The smallest absolute Gasteiger partial charge is 0.261 e. The van der Waals surface area contributed by atoms with E-state index in [2.05, 4.69) is 30.6 Å². The Morgan fingerprint density at radius 1 is 1.15 bits per heavy atom. The van der Waals surface area contributed by atoms with Crippen molar-refractivity contribution in [3.05, 3.63) is 48.2 Å². The highest BCUT2D eigenvalue weighted by Crippen LogP contribution is 2.30. The average Bonchev–Trinajstić information content (AvgIpc) is 3.68. The number of nitrogens with two attached hydrogens (primary N) is 1. The van der Waals surface area contributed by atoms with Crippen molar-refractivity contribution in [2.24, 2.45) is 0 Å². The molecule has 5 heterocycles. The number of rotatable bonds is 8. The summed E-state index contributed by atoms with van der Waals surface area (Å²) in [5, 5.41) is 10.2. The first kappa shape index (κ1) is 24.9. The molecule has 1 atom stereocenters. The van der Waals surface area contributed by atoms with Crippen LogP contribution in [0.1, 0.15) is 6.42 Å². The zero-order valence-corrected chi connectivity index (χ0v) is 20.9. The highest BCUT2D eigenvalue weighted by Gasteiger charge is 2.28. The number of halogens is 2. The van der Waals surface area contributed by atoms with E-state index in [1.165, 1.54) is 10.6 Å². The van der Waals surface area contributed by atoms with Crippen molar-refractivity contribution in [3.63, 3.8) is 0 Å². The first-order valence-corrected chi connectivity index (χ1v) is 12.7. The largest absolute Gasteiger partial charge is 0.477 e. The van der Waals surface area contributed by atoms with Crippen molar-refractivity contribution in [3.8, 4) is 17.2 Å². The Morgan fingerprint density at radius 3 is 2.74 bits per heavy atom. The van der Waals surface area contributed by atoms with Gasteiger partial charge in [-0.1, -0.05) is 0 Å². The summed E-state index contributed by atoms with van der Waals surface area (Å²) in [6, 6.07) is 7.52. The Labute approximate surface area is 221 Å². The molecule has 0 aliphatic carbocycles. The summed E-state index contributed by atoms with van der Waals surface area (Å²) in [5.74, 6) is -0.696. The van der Waals surface area contributed by atoms with Crippen molar-refractivity contribution in [1.29, 1.82) is 0 Å². The first-order valence-electron chi connectivity index (χ1n) is 12.7. The minimum absolute atomic E-state index is 0.120. The molecule has 3 aromatic heterocycles. The minimum Gasteiger partial charge on any atom is -0.477 e. The maximum Gasteiger partial charge on any atom is 0.261 e. The fourth-order valence-corrected chi connectivity index (χ4v) is 4.76. The lowest BCUT2D eigenvalue weighted by atomic mass is 10.2. The quantitative estimate of drug-likeness (QED) is 0.303. The third kappa shape index (κ3) is 5.14. The summed E-state index contributed by atoms with van der Waals surface area (Å²) in [6.07, 6.45) is 1.24. The molecule has 14 heteroatoms. The Balaban J connectivity index is 1.03. The van der Waals surface area contributed by atoms with Crippen LogP contribution in [-0.2, 0) is 4.79 Å². The van der Waals surface area contributed by atoms with Gasteiger partial charge in [-0.15, -0.1) is 0 Å². The highest BCUT2D eigenvalue weighted by molar-refractivity contribution is 5.83. The van der Waals surface area contributed by atoms with Gasteiger partial charge in [0.15, 0.2) is 29.1 Å². The Bertz CT molecular complexity index is 1490. The zero-order chi connectivity index (χ0) is 26.9. The maximum absolute atomic E-state index is 14.6. The average molecular weight is 540 g/mol. The predicted molar refractivity (Wildman–Crippen MR) is 138 cm³/mol. The van der Waals surface area contributed by atoms with Crippen LogP contribution in [0.25, 0.3) is 17.1 Å². The van der Waals surface area contributed by atoms with Gasteiger partial charge in [-0.2, -0.15) is 19.6 Å². The molecule has 1 amide bonds. The predicted octanol–water partition coefficient (Wildman–Crippen LogP) is 1.75. The van der Waals surface area contributed by atoms with Gasteiger partial charge in [0.25, 0.3) is 5.91 Å². The number of nitrogens with one attached hydrogen (secondary N) is 2. The van der Waals surface area contributed by atoms with Crippen molar-refractivity contribution < 1.29 is 22.7 Å². The number of fused-ring (bicyclic) bond motifs is 1. The van der Waals surface area contributed by atoms with Crippen molar-refractivity contribution in [2.45, 2.75) is 12.5 Å². The lowest BCUT2D eigenvalue weighted by Gasteiger charge is -2.36. The van der Waals surface area contributed by atoms with Crippen molar-refractivity contribution in [1.82, 2.24) is 29.8 Å². The number of hydrogen-bond acceptors (Lipinski definition) is 10. The second-order valence-corrected chi connectivity index (χ2v) is 9.36. The fourth-order valence-electron chi connectivity index (χ4n) is 4.76. The van der Waals surface area contributed by atoms with Crippen LogP contribution in [-0.4, -0.2) is 82.3 Å². The molecule has 2 fully saturated rings. The first-order chi connectivity index (χ1) is 18.9. The van der Waals surface area contributed by atoms with Gasteiger partial charge in [0.05, 0.1) is 12.0 Å². The third-order valence-corrected chi connectivity index (χ3v) is 6.81. The zero-order valence-electron chi connectivity index (χ0n) is 20.9. The summed E-state index contributed by atoms with van der Waals surface area (Å²) in [4.78, 5) is 24.7. The normalized spacial score (nSPS) is 18.1. The van der Waals surface area contributed by atoms with Gasteiger partial charge in [0.2, 0.25) is 11.9 Å². The van der Waals surface area contributed by atoms with E-state index in [4.69, 9.17) is 14.9 Å². The van der Waals surface area contributed by atoms with Gasteiger partial charge < -0.3 is 30.4 Å². The summed E-state index contributed by atoms with van der Waals surface area (Å²) >= 11 is 0. The Morgan fingerprint density at radius 2 is 2.00 bits per heavy atom. The molecular weight excluding hydrogens is 512 g/mol. The summed E-state index contributed by atoms with van der Waals surface area (Å²) < 4.78 is 41.4. The molecule has 0 radical (unpaired) electrons. The molecular formula is C25H27F2N9O3. The lowest BCUT2D eigenvalue weighted by molar-refractivity contribution is -0.125. The molecule has 0 saturated carbocycles. The molecule has 0 spiro atoms. The molecule has 1 aromatic carbocycles. The molecule has 4 aromatic rings. The van der Waals surface area contributed by atoms with Crippen LogP contribution in [0.3, 0.4) is 0 Å². The minimum atomic E-state index is -0.824. The van der Waals surface area contributed by atoms with E-state index < -0.39 is 17.7 Å². The van der Waals surface area contributed by atoms with Gasteiger partial charge in [-0.3, -0.25) is 9.69 Å². The van der Waals surface area contributed by atoms with Gasteiger partial charge in [0, 0.05) is 70.4 Å². The van der Waals surface area contributed by atoms with Crippen LogP contribution in [0.4, 0.5) is 26.4 Å². The summed E-state index contributed by atoms with van der Waals surface area (Å²) in [7, 11) is 0. The van der Waals surface area contributed by atoms with Crippen molar-refractivity contribution >= 4 is 29.1 Å². The molecule has 39 heavy (non-hydrogen) atoms. The summed E-state index contributed by atoms with van der Waals surface area (Å²) in [6.45, 7) is 4.20. The number of furan rings is 1. The number of ether oxygens (including phenoxy) is 1. The van der Waals surface area contributed by atoms with Gasteiger partial charge in [-0.25, -0.2) is 8.78 Å². The van der Waals surface area contributed by atoms with E-state index >= 15 is 0 Å². The van der Waals surface area contributed by atoms with Crippen LogP contribution in [0.15, 0.2) is 41.0 Å². The van der Waals surface area contributed by atoms with E-state index in [0.717, 1.165) is 6.07 Å². The molecule has 2 saturated heterocycles. The van der Waals surface area contributed by atoms with Crippen molar-refractivity contribution in [2.75, 3.05) is 61.8 Å². The SMILES string of the molecule is Nc1nc(NCCN2CCN(c3cc(O[C@@H]4CCNC4=O)c(F)cc3F)CC2)nc2cc(-c3ccco3)nn12. The van der Waals surface area contributed by atoms with E-state index in [0.29, 0.717) is 75.3 Å². The summed E-state index contributed by atoms with van der Waals surface area (Å²) in [5.41, 5.74) is 7.48. The van der Waals surface area contributed by atoms with E-state index in [1.807, 2.05) is 4.90 Å². The molecule has 4 N–H and O–H groups in total. The molecule has 2 aliphatic heterocycles. The van der Waals surface area contributed by atoms with E-state index in [1.54, 1.807) is 24.5 Å². The molecule has 204 valence electrons. The fraction of sp³-hybridized carbons (Fsp3) is 0.360. The van der Waals surface area contributed by atoms with Crippen LogP contribution in [0.2, 0.25) is 0 Å². The number of nitrogens with zero attached hydrogens (tertiary/aromatic N) is 6. The van der Waals surface area contributed by atoms with Crippen LogP contribution >= 0.6 is 0 Å². The second kappa shape index (κ2) is 10.4. The monoisotopic (exact) mass is 539 g/mol. The maximum atomic E-state index is 14.6. The molecule has 0 bridgehead atoms. The number of carbonyl (C=O) groups is 1. The van der Waals surface area contributed by atoms with E-state index in [9.17, 15) is 13.6 Å². The van der Waals surface area contributed by atoms with Gasteiger partial charge >= 0.3 is 0 Å². The number of piperazine rings is 1. The van der Waals surface area contributed by atoms with E-state index in [-0.39, 0.29) is 23.3 Å². The Hall–Kier alpha value is -4.46. The van der Waals surface area contributed by atoms with Gasteiger partial charge in [0.1, 0.15) is 11.5 Å². The number of benzene rings is 1.